The van der Waals surface area contributed by atoms with Crippen LogP contribution in [0.3, 0.4) is 0 Å². The summed E-state index contributed by atoms with van der Waals surface area (Å²) in [5.74, 6) is 0. The highest BCUT2D eigenvalue weighted by molar-refractivity contribution is 6.09. The number of hydrogen-bond donors (Lipinski definition) is 0. The first-order chi connectivity index (χ1) is 24.0. The van der Waals surface area contributed by atoms with Crippen LogP contribution in [0.2, 0.25) is 0 Å². The Bertz CT molecular complexity index is 2400. The number of nitrogens with zero attached hydrogens (tertiary/aromatic N) is 1. The summed E-state index contributed by atoms with van der Waals surface area (Å²) in [5.41, 5.74) is 5.52. The molecular formula is C40H34NO+. The van der Waals surface area contributed by atoms with Crippen LogP contribution in [0.25, 0.3) is 66.6 Å². The molecule has 0 saturated carbocycles. The molecule has 2 heterocycles. The summed E-state index contributed by atoms with van der Waals surface area (Å²) in [5, 5.41) is 1.78. The molecule has 0 radical (unpaired) electrons. The standard InChI is InChI=1S/C40H34NO/c1-25-15-20-34-33-13-9-10-14-37(33)42-40(34)39(25)36-23-35(28(4)24-41(36)5)38-26(2)21-32(22-27(38)3)31-18-16-30(17-19-31)29-11-7-6-8-12-29/h6-24H,1-5H3/q+1/i2D3,3D3,4D3. The molecule has 7 aromatic rings. The lowest BCUT2D eigenvalue weighted by Gasteiger charge is -2.16. The molecule has 0 fully saturated rings. The van der Waals surface area contributed by atoms with E-state index in [-0.39, 0.29) is 27.8 Å². The van der Waals surface area contributed by atoms with Gasteiger partial charge in [0.2, 0.25) is 5.69 Å². The quantitative estimate of drug-likeness (QED) is 0.198. The minimum Gasteiger partial charge on any atom is -0.455 e. The second-order valence-electron chi connectivity index (χ2n) is 10.7. The first-order valence-electron chi connectivity index (χ1n) is 18.3. The van der Waals surface area contributed by atoms with Gasteiger partial charge in [0, 0.05) is 34.7 Å². The number of para-hydroxylation sites is 1. The number of rotatable bonds is 4. The third-order valence-electron chi connectivity index (χ3n) is 8.02. The number of hydrogen-bond acceptors (Lipinski definition) is 1. The van der Waals surface area contributed by atoms with Crippen molar-refractivity contribution in [3.05, 3.63) is 138 Å². The average molecular weight is 554 g/mol. The number of pyridine rings is 1. The van der Waals surface area contributed by atoms with Crippen molar-refractivity contribution in [2.45, 2.75) is 27.5 Å². The lowest BCUT2D eigenvalue weighted by atomic mass is 9.88. The topological polar surface area (TPSA) is 17.0 Å². The second-order valence-corrected chi connectivity index (χ2v) is 10.7. The fraction of sp³-hybridized carbons (Fsp3) is 0.125. The molecule has 2 heteroatoms. The van der Waals surface area contributed by atoms with Crippen LogP contribution in [0.1, 0.15) is 34.6 Å². The van der Waals surface area contributed by atoms with Gasteiger partial charge in [-0.1, -0.05) is 97.1 Å². The molecule has 0 saturated heterocycles. The van der Waals surface area contributed by atoms with Crippen LogP contribution in [0, 0.1) is 27.5 Å². The Labute approximate surface area is 260 Å². The van der Waals surface area contributed by atoms with Gasteiger partial charge in [-0.05, 0) is 83.6 Å². The van der Waals surface area contributed by atoms with Crippen LogP contribution >= 0.6 is 0 Å². The van der Waals surface area contributed by atoms with Crippen LogP contribution in [0.5, 0.6) is 0 Å². The maximum Gasteiger partial charge on any atom is 0.216 e. The van der Waals surface area contributed by atoms with E-state index in [0.717, 1.165) is 27.5 Å². The zero-order chi connectivity index (χ0) is 36.5. The number of furan rings is 1. The van der Waals surface area contributed by atoms with Crippen molar-refractivity contribution in [1.29, 1.82) is 0 Å². The van der Waals surface area contributed by atoms with Gasteiger partial charge in [-0.15, -0.1) is 0 Å². The third kappa shape index (κ3) is 4.31. The van der Waals surface area contributed by atoms with Gasteiger partial charge in [0.1, 0.15) is 18.2 Å². The fourth-order valence-corrected chi connectivity index (χ4v) is 5.89. The molecule has 2 aromatic heterocycles. The Balaban J connectivity index is 1.52. The summed E-state index contributed by atoms with van der Waals surface area (Å²) in [7, 11) is 1.72. The van der Waals surface area contributed by atoms with Crippen molar-refractivity contribution in [2.75, 3.05) is 0 Å². The average Bonchev–Trinajstić information content (AvgIpc) is 3.46. The van der Waals surface area contributed by atoms with Crippen LogP contribution in [-0.4, -0.2) is 0 Å². The zero-order valence-electron chi connectivity index (χ0n) is 32.3. The van der Waals surface area contributed by atoms with E-state index in [2.05, 4.69) is 0 Å². The molecule has 0 spiro atoms. The van der Waals surface area contributed by atoms with E-state index < -0.39 is 20.6 Å². The smallest absolute Gasteiger partial charge is 0.216 e. The molecule has 0 aliphatic heterocycles. The van der Waals surface area contributed by atoms with Gasteiger partial charge in [-0.2, -0.15) is 0 Å². The van der Waals surface area contributed by atoms with E-state index in [1.807, 2.05) is 97.9 Å². The molecule has 0 aliphatic carbocycles. The Morgan fingerprint density at radius 1 is 0.571 bits per heavy atom. The lowest BCUT2D eigenvalue weighted by molar-refractivity contribution is -0.660. The molecule has 2 nitrogen and oxygen atoms in total. The third-order valence-corrected chi connectivity index (χ3v) is 8.02. The van der Waals surface area contributed by atoms with E-state index in [9.17, 15) is 0 Å². The molecular weight excluding hydrogens is 510 g/mol. The Hall–Kier alpha value is -4.95. The zero-order valence-corrected chi connectivity index (χ0v) is 23.3. The van der Waals surface area contributed by atoms with Gasteiger partial charge in [-0.3, -0.25) is 0 Å². The highest BCUT2D eigenvalue weighted by atomic mass is 16.3. The molecule has 7 rings (SSSR count). The molecule has 0 unspecified atom stereocenters. The van der Waals surface area contributed by atoms with Gasteiger partial charge in [0.05, 0.1) is 5.56 Å². The maximum absolute atomic E-state index is 8.65. The summed E-state index contributed by atoms with van der Waals surface area (Å²) in [6.45, 7) is -6.39. The number of fused-ring (bicyclic) bond motifs is 3. The minimum atomic E-state index is -2.80. The highest BCUT2D eigenvalue weighted by Gasteiger charge is 2.23. The van der Waals surface area contributed by atoms with E-state index in [4.69, 9.17) is 16.8 Å². The molecule has 0 bridgehead atoms. The van der Waals surface area contributed by atoms with E-state index >= 15 is 0 Å². The van der Waals surface area contributed by atoms with Crippen molar-refractivity contribution < 1.29 is 21.3 Å². The monoisotopic (exact) mass is 553 g/mol. The molecule has 0 N–H and O–H groups in total. The Morgan fingerprint density at radius 2 is 1.21 bits per heavy atom. The summed E-state index contributed by atoms with van der Waals surface area (Å²) in [4.78, 5) is 0. The van der Waals surface area contributed by atoms with Crippen LogP contribution in [-0.2, 0) is 7.05 Å². The van der Waals surface area contributed by atoms with Crippen molar-refractivity contribution >= 4 is 21.9 Å². The molecule has 0 atom stereocenters. The molecule has 0 aliphatic rings. The van der Waals surface area contributed by atoms with Crippen LogP contribution < -0.4 is 4.57 Å². The van der Waals surface area contributed by atoms with Gasteiger partial charge >= 0.3 is 0 Å². The van der Waals surface area contributed by atoms with E-state index in [1.165, 1.54) is 18.3 Å². The predicted octanol–water partition coefficient (Wildman–Crippen LogP) is 10.3. The first-order valence-corrected chi connectivity index (χ1v) is 13.8. The van der Waals surface area contributed by atoms with Gasteiger partial charge in [-0.25, -0.2) is 4.57 Å². The highest BCUT2D eigenvalue weighted by Crippen LogP contribution is 2.40. The van der Waals surface area contributed by atoms with Crippen LogP contribution in [0.4, 0.5) is 0 Å². The number of benzene rings is 5. The van der Waals surface area contributed by atoms with E-state index in [0.29, 0.717) is 33.6 Å². The van der Waals surface area contributed by atoms with Gasteiger partial charge < -0.3 is 4.42 Å². The molecule has 0 amide bonds. The predicted molar refractivity (Wildman–Crippen MR) is 176 cm³/mol. The SMILES string of the molecule is [2H]C([2H])([2H])c1c[n+](C)c(-c2c(C)ccc3c2oc2ccccc23)cc1-c1c(C([2H])([2H])[2H])cc(-c2ccc(-c3ccccc3)cc2)cc1C([2H])([2H])[2H]. The summed E-state index contributed by atoms with van der Waals surface area (Å²) in [6, 6.07) is 33.3. The molecule has 5 aromatic carbocycles. The molecule has 42 heavy (non-hydrogen) atoms. The fourth-order valence-electron chi connectivity index (χ4n) is 5.89. The second kappa shape index (κ2) is 10.2. The minimum absolute atomic E-state index is 0.0128. The van der Waals surface area contributed by atoms with Crippen molar-refractivity contribution in [2.24, 2.45) is 7.05 Å². The van der Waals surface area contributed by atoms with Crippen molar-refractivity contribution in [3.63, 3.8) is 0 Å². The van der Waals surface area contributed by atoms with E-state index in [1.54, 1.807) is 17.7 Å². The number of aromatic nitrogens is 1. The Kier molecular flexibility index (Phi) is 4.30. The summed E-state index contributed by atoms with van der Waals surface area (Å²) in [6.07, 6.45) is 1.45. The Morgan fingerprint density at radius 3 is 1.93 bits per heavy atom. The largest absolute Gasteiger partial charge is 0.455 e. The van der Waals surface area contributed by atoms with Crippen LogP contribution in [0.15, 0.2) is 120 Å². The van der Waals surface area contributed by atoms with Gasteiger partial charge in [0.25, 0.3) is 0 Å². The van der Waals surface area contributed by atoms with Gasteiger partial charge in [0.15, 0.2) is 6.20 Å². The van der Waals surface area contributed by atoms with Crippen molar-refractivity contribution in [3.8, 4) is 44.6 Å². The molecule has 204 valence electrons. The summed E-state index contributed by atoms with van der Waals surface area (Å²) >= 11 is 0. The van der Waals surface area contributed by atoms with Crippen molar-refractivity contribution in [1.82, 2.24) is 0 Å². The maximum atomic E-state index is 8.65. The number of aryl methyl sites for hydroxylation is 5. The normalized spacial score (nSPS) is 15.5. The summed E-state index contributed by atoms with van der Waals surface area (Å²) < 4.78 is 85.5. The lowest BCUT2D eigenvalue weighted by Crippen LogP contribution is -2.31. The first kappa shape index (κ1) is 17.8.